The van der Waals surface area contributed by atoms with E-state index in [9.17, 15) is 4.79 Å². The number of rotatable bonds is 1. The van der Waals surface area contributed by atoms with Gasteiger partial charge in [0, 0.05) is 13.1 Å². The monoisotopic (exact) mass is 147 g/mol. The predicted octanol–water partition coefficient (Wildman–Crippen LogP) is 0.551. The van der Waals surface area contributed by atoms with Crippen LogP contribution in [0.25, 0.3) is 0 Å². The van der Waals surface area contributed by atoms with Crippen molar-refractivity contribution in [2.75, 3.05) is 0 Å². The van der Waals surface area contributed by atoms with Crippen LogP contribution in [0, 0.1) is 11.3 Å². The van der Waals surface area contributed by atoms with E-state index in [0.29, 0.717) is 0 Å². The van der Waals surface area contributed by atoms with Crippen molar-refractivity contribution in [3.63, 3.8) is 0 Å². The lowest BCUT2D eigenvalue weighted by atomic mass is 10.3. The fourth-order valence-electron chi connectivity index (χ4n) is 0.609. The number of hydrogen-bond acceptors (Lipinski definition) is 4. The summed E-state index contributed by atoms with van der Waals surface area (Å²) in [6.45, 7) is 1.39. The molecule has 1 aromatic heterocycles. The highest BCUT2D eigenvalue weighted by Crippen LogP contribution is 1.94. The lowest BCUT2D eigenvalue weighted by molar-refractivity contribution is 0.101. The smallest absolute Gasteiger partial charge is 0.232 e. The number of carbonyl (C=O) groups excluding carboxylic acids is 1. The third-order valence-corrected chi connectivity index (χ3v) is 1.12. The van der Waals surface area contributed by atoms with Crippen LogP contribution in [0.5, 0.6) is 0 Å². The average Bonchev–Trinajstić information content (AvgIpc) is 2.05. The van der Waals surface area contributed by atoms with Gasteiger partial charge in [-0.15, -0.1) is 0 Å². The van der Waals surface area contributed by atoms with Gasteiger partial charge < -0.3 is 0 Å². The molecule has 0 aliphatic heterocycles. The van der Waals surface area contributed by atoms with E-state index in [1.807, 2.05) is 0 Å². The second-order valence-corrected chi connectivity index (χ2v) is 1.93. The highest BCUT2D eigenvalue weighted by molar-refractivity contribution is 5.91. The van der Waals surface area contributed by atoms with Crippen LogP contribution in [0.15, 0.2) is 12.3 Å². The van der Waals surface area contributed by atoms with Gasteiger partial charge in [0.15, 0.2) is 5.78 Å². The lowest BCUT2D eigenvalue weighted by Crippen LogP contribution is -1.99. The van der Waals surface area contributed by atoms with Crippen molar-refractivity contribution < 1.29 is 4.79 Å². The van der Waals surface area contributed by atoms with Crippen LogP contribution in [0.2, 0.25) is 0 Å². The van der Waals surface area contributed by atoms with Crippen LogP contribution in [-0.2, 0) is 0 Å². The zero-order valence-corrected chi connectivity index (χ0v) is 5.90. The summed E-state index contributed by atoms with van der Waals surface area (Å²) in [5.74, 6) is -0.137. The molecule has 1 aromatic rings. The van der Waals surface area contributed by atoms with Gasteiger partial charge in [0.05, 0.1) is 0 Å². The zero-order chi connectivity index (χ0) is 8.27. The van der Waals surface area contributed by atoms with Gasteiger partial charge in [-0.25, -0.2) is 9.97 Å². The number of aromatic nitrogens is 2. The van der Waals surface area contributed by atoms with Crippen LogP contribution in [0.1, 0.15) is 23.2 Å². The standard InChI is InChI=1S/C7H5N3O/c1-5(11)6-2-3-9-7(4-8)10-6/h2-3H,1H3. The molecule has 0 aliphatic carbocycles. The fraction of sp³-hybridized carbons (Fsp3) is 0.143. The molecule has 0 saturated carbocycles. The van der Waals surface area contributed by atoms with Gasteiger partial charge in [0.1, 0.15) is 11.8 Å². The Hall–Kier alpha value is -1.76. The maximum Gasteiger partial charge on any atom is 0.232 e. The SMILES string of the molecule is CC(=O)c1ccnc(C#N)n1. The van der Waals surface area contributed by atoms with Crippen LogP contribution in [-0.4, -0.2) is 15.8 Å². The normalized spacial score (nSPS) is 8.73. The molecule has 1 heterocycles. The molecule has 0 spiro atoms. The van der Waals surface area contributed by atoms with Gasteiger partial charge in [-0.1, -0.05) is 0 Å². The maximum atomic E-state index is 10.7. The number of nitriles is 1. The van der Waals surface area contributed by atoms with Crippen molar-refractivity contribution in [2.24, 2.45) is 0 Å². The summed E-state index contributed by atoms with van der Waals surface area (Å²) in [6, 6.07) is 3.22. The Kier molecular flexibility index (Phi) is 1.93. The van der Waals surface area contributed by atoms with Gasteiger partial charge in [-0.2, -0.15) is 5.26 Å². The second kappa shape index (κ2) is 2.88. The molecule has 4 nitrogen and oxygen atoms in total. The molecule has 0 fully saturated rings. The molecule has 0 amide bonds. The Balaban J connectivity index is 3.13. The summed E-state index contributed by atoms with van der Waals surface area (Å²) >= 11 is 0. The summed E-state index contributed by atoms with van der Waals surface area (Å²) in [5, 5.41) is 8.36. The van der Waals surface area contributed by atoms with E-state index in [1.54, 1.807) is 6.07 Å². The maximum absolute atomic E-state index is 10.7. The van der Waals surface area contributed by atoms with E-state index in [4.69, 9.17) is 5.26 Å². The highest BCUT2D eigenvalue weighted by atomic mass is 16.1. The van der Waals surface area contributed by atoms with Crippen molar-refractivity contribution in [1.82, 2.24) is 9.97 Å². The average molecular weight is 147 g/mol. The van der Waals surface area contributed by atoms with E-state index < -0.39 is 0 Å². The molecular weight excluding hydrogens is 142 g/mol. The van der Waals surface area contributed by atoms with E-state index in [-0.39, 0.29) is 17.3 Å². The van der Waals surface area contributed by atoms with Gasteiger partial charge in [0.25, 0.3) is 0 Å². The number of hydrogen-bond donors (Lipinski definition) is 0. The minimum Gasteiger partial charge on any atom is -0.293 e. The Bertz CT molecular complexity index is 327. The highest BCUT2D eigenvalue weighted by Gasteiger charge is 2.01. The number of Topliss-reactive ketones (excluding diaryl/α,β-unsaturated/α-hetero) is 1. The van der Waals surface area contributed by atoms with Crippen molar-refractivity contribution in [2.45, 2.75) is 6.92 Å². The first kappa shape index (κ1) is 7.35. The van der Waals surface area contributed by atoms with E-state index in [0.717, 1.165) is 0 Å². The number of carbonyl (C=O) groups is 1. The van der Waals surface area contributed by atoms with Crippen molar-refractivity contribution >= 4 is 5.78 Å². The molecule has 11 heavy (non-hydrogen) atoms. The summed E-state index contributed by atoms with van der Waals surface area (Å²) in [7, 11) is 0. The quantitative estimate of drug-likeness (QED) is 0.544. The van der Waals surface area contributed by atoms with Gasteiger partial charge in [-0.05, 0) is 6.07 Å². The van der Waals surface area contributed by atoms with Crippen LogP contribution in [0.4, 0.5) is 0 Å². The number of nitrogens with zero attached hydrogens (tertiary/aromatic N) is 3. The Morgan fingerprint density at radius 3 is 3.00 bits per heavy atom. The van der Waals surface area contributed by atoms with Gasteiger partial charge in [-0.3, -0.25) is 4.79 Å². The first-order valence-corrected chi connectivity index (χ1v) is 2.98. The van der Waals surface area contributed by atoms with Crippen molar-refractivity contribution in [3.05, 3.63) is 23.8 Å². The molecule has 0 aliphatic rings. The largest absolute Gasteiger partial charge is 0.293 e. The molecule has 0 bridgehead atoms. The van der Waals surface area contributed by atoms with Crippen molar-refractivity contribution in [3.8, 4) is 6.07 Å². The summed E-state index contributed by atoms with van der Waals surface area (Å²) in [5.41, 5.74) is 0.275. The third kappa shape index (κ3) is 1.58. The number of ketones is 1. The topological polar surface area (TPSA) is 66.6 Å². The first-order valence-electron chi connectivity index (χ1n) is 2.98. The summed E-state index contributed by atoms with van der Waals surface area (Å²) < 4.78 is 0. The second-order valence-electron chi connectivity index (χ2n) is 1.93. The molecular formula is C7H5N3O. The minimum atomic E-state index is -0.163. The minimum absolute atomic E-state index is 0.0256. The molecule has 0 aromatic carbocycles. The Morgan fingerprint density at radius 1 is 1.73 bits per heavy atom. The van der Waals surface area contributed by atoms with E-state index >= 15 is 0 Å². The summed E-state index contributed by atoms with van der Waals surface area (Å²) in [4.78, 5) is 18.0. The molecule has 0 radical (unpaired) electrons. The van der Waals surface area contributed by atoms with E-state index in [1.165, 1.54) is 19.2 Å². The van der Waals surface area contributed by atoms with Crippen LogP contribution >= 0.6 is 0 Å². The zero-order valence-electron chi connectivity index (χ0n) is 5.90. The third-order valence-electron chi connectivity index (χ3n) is 1.12. The van der Waals surface area contributed by atoms with Gasteiger partial charge >= 0.3 is 0 Å². The molecule has 0 atom stereocenters. The molecule has 0 unspecified atom stereocenters. The first-order chi connectivity index (χ1) is 5.24. The lowest BCUT2D eigenvalue weighted by Gasteiger charge is -1.91. The summed E-state index contributed by atoms with van der Waals surface area (Å²) in [6.07, 6.45) is 1.39. The Morgan fingerprint density at radius 2 is 2.45 bits per heavy atom. The fourth-order valence-corrected chi connectivity index (χ4v) is 0.609. The molecule has 0 N–H and O–H groups in total. The molecule has 54 valence electrons. The predicted molar refractivity (Wildman–Crippen MR) is 36.8 cm³/mol. The molecule has 0 saturated heterocycles. The van der Waals surface area contributed by atoms with Crippen molar-refractivity contribution in [1.29, 1.82) is 5.26 Å². The molecule has 4 heteroatoms. The molecule has 1 rings (SSSR count). The van der Waals surface area contributed by atoms with Gasteiger partial charge in [0.2, 0.25) is 5.82 Å². The van der Waals surface area contributed by atoms with Crippen LogP contribution in [0.3, 0.4) is 0 Å². The Labute approximate surface area is 63.5 Å². The van der Waals surface area contributed by atoms with Crippen LogP contribution < -0.4 is 0 Å². The van der Waals surface area contributed by atoms with E-state index in [2.05, 4.69) is 9.97 Å².